The highest BCUT2D eigenvalue weighted by Crippen LogP contribution is 2.34. The third-order valence-corrected chi connectivity index (χ3v) is 5.09. The maximum absolute atomic E-state index is 12.7. The Morgan fingerprint density at radius 2 is 1.78 bits per heavy atom. The average Bonchev–Trinajstić information content (AvgIpc) is 3.00. The van der Waals surface area contributed by atoms with Crippen molar-refractivity contribution in [1.29, 1.82) is 0 Å². The summed E-state index contributed by atoms with van der Waals surface area (Å²) in [5.74, 6) is 1.27. The fourth-order valence-corrected chi connectivity index (χ4v) is 3.80. The smallest absolute Gasteiger partial charge is 0.353 e. The SMILES string of the molecule is FC(F)(F)c1cnc(N2CCN(CC3CCCC3)CC2)c(Cl)c1. The fraction of sp³-hybridized carbons (Fsp3) is 0.688. The molecule has 2 aliphatic rings. The van der Waals surface area contributed by atoms with Crippen LogP contribution in [-0.4, -0.2) is 42.6 Å². The summed E-state index contributed by atoms with van der Waals surface area (Å²) in [6.45, 7) is 4.47. The van der Waals surface area contributed by atoms with Gasteiger partial charge in [0.25, 0.3) is 0 Å². The van der Waals surface area contributed by atoms with Crippen molar-refractivity contribution in [3.05, 3.63) is 22.8 Å². The van der Waals surface area contributed by atoms with E-state index in [0.29, 0.717) is 5.82 Å². The summed E-state index contributed by atoms with van der Waals surface area (Å²) in [6, 6.07) is 0.967. The molecule has 1 aliphatic heterocycles. The summed E-state index contributed by atoms with van der Waals surface area (Å²) >= 11 is 6.02. The molecule has 1 saturated heterocycles. The number of piperazine rings is 1. The van der Waals surface area contributed by atoms with Crippen LogP contribution in [0.1, 0.15) is 31.2 Å². The molecule has 1 aliphatic carbocycles. The van der Waals surface area contributed by atoms with Crippen LogP contribution < -0.4 is 4.90 Å². The first-order valence-corrected chi connectivity index (χ1v) is 8.51. The zero-order valence-electron chi connectivity index (χ0n) is 12.9. The van der Waals surface area contributed by atoms with Gasteiger partial charge < -0.3 is 4.90 Å². The van der Waals surface area contributed by atoms with E-state index in [1.165, 1.54) is 25.7 Å². The number of hydrogen-bond acceptors (Lipinski definition) is 3. The first-order valence-electron chi connectivity index (χ1n) is 8.13. The third kappa shape index (κ3) is 4.10. The molecule has 3 rings (SSSR count). The van der Waals surface area contributed by atoms with E-state index in [1.54, 1.807) is 0 Å². The van der Waals surface area contributed by atoms with Crippen molar-refractivity contribution >= 4 is 17.4 Å². The minimum Gasteiger partial charge on any atom is -0.353 e. The molecule has 0 spiro atoms. The molecule has 7 heteroatoms. The van der Waals surface area contributed by atoms with E-state index >= 15 is 0 Å². The molecule has 23 heavy (non-hydrogen) atoms. The minimum atomic E-state index is -4.41. The second-order valence-corrected chi connectivity index (χ2v) is 6.87. The normalized spacial score (nSPS) is 21.1. The lowest BCUT2D eigenvalue weighted by Gasteiger charge is -2.36. The van der Waals surface area contributed by atoms with Crippen LogP contribution in [0.25, 0.3) is 0 Å². The molecule has 2 heterocycles. The number of anilines is 1. The van der Waals surface area contributed by atoms with Crippen LogP contribution in [-0.2, 0) is 6.18 Å². The zero-order chi connectivity index (χ0) is 16.4. The van der Waals surface area contributed by atoms with E-state index in [1.807, 2.05) is 4.90 Å². The predicted molar refractivity (Wildman–Crippen MR) is 84.9 cm³/mol. The van der Waals surface area contributed by atoms with Crippen molar-refractivity contribution in [3.8, 4) is 0 Å². The molecular weight excluding hydrogens is 327 g/mol. The van der Waals surface area contributed by atoms with Crippen molar-refractivity contribution in [2.24, 2.45) is 5.92 Å². The van der Waals surface area contributed by atoms with E-state index in [2.05, 4.69) is 9.88 Å². The fourth-order valence-electron chi connectivity index (χ4n) is 3.52. The van der Waals surface area contributed by atoms with Crippen LogP contribution in [0.3, 0.4) is 0 Å². The Morgan fingerprint density at radius 1 is 1.13 bits per heavy atom. The second kappa shape index (κ2) is 6.85. The van der Waals surface area contributed by atoms with Gasteiger partial charge in [-0.15, -0.1) is 0 Å². The second-order valence-electron chi connectivity index (χ2n) is 6.47. The van der Waals surface area contributed by atoms with Gasteiger partial charge in [0, 0.05) is 38.9 Å². The van der Waals surface area contributed by atoms with Gasteiger partial charge in [-0.3, -0.25) is 4.90 Å². The van der Waals surface area contributed by atoms with E-state index < -0.39 is 11.7 Å². The van der Waals surface area contributed by atoms with Gasteiger partial charge in [-0.05, 0) is 24.8 Å². The molecule has 3 nitrogen and oxygen atoms in total. The maximum Gasteiger partial charge on any atom is 0.417 e. The Kier molecular flexibility index (Phi) is 5.01. The van der Waals surface area contributed by atoms with Gasteiger partial charge in [0.2, 0.25) is 0 Å². The lowest BCUT2D eigenvalue weighted by molar-refractivity contribution is -0.137. The molecule has 1 aromatic rings. The highest BCUT2D eigenvalue weighted by atomic mass is 35.5. The molecule has 128 valence electrons. The zero-order valence-corrected chi connectivity index (χ0v) is 13.7. The molecule has 0 unspecified atom stereocenters. The third-order valence-electron chi connectivity index (χ3n) is 4.81. The maximum atomic E-state index is 12.7. The summed E-state index contributed by atoms with van der Waals surface area (Å²) in [5, 5.41) is 0.0732. The molecule has 1 aromatic heterocycles. The number of nitrogens with zero attached hydrogens (tertiary/aromatic N) is 3. The standard InChI is InChI=1S/C16H21ClF3N3/c17-14-9-13(16(18,19)20)10-21-15(14)23-7-5-22(6-8-23)11-12-3-1-2-4-12/h9-10,12H,1-8,11H2. The van der Waals surface area contributed by atoms with Gasteiger partial charge in [0.05, 0.1) is 10.6 Å². The molecule has 0 bridgehead atoms. The number of pyridine rings is 1. The Hall–Kier alpha value is -1.01. The van der Waals surface area contributed by atoms with E-state index in [9.17, 15) is 13.2 Å². The van der Waals surface area contributed by atoms with Crippen LogP contribution in [0.4, 0.5) is 19.0 Å². The Bertz CT molecular complexity index is 536. The van der Waals surface area contributed by atoms with Gasteiger partial charge in [-0.1, -0.05) is 24.4 Å². The van der Waals surface area contributed by atoms with Gasteiger partial charge in [-0.2, -0.15) is 13.2 Å². The average molecular weight is 348 g/mol. The first-order chi connectivity index (χ1) is 10.9. The molecule has 0 N–H and O–H groups in total. The summed E-state index contributed by atoms with van der Waals surface area (Å²) in [4.78, 5) is 8.38. The number of rotatable bonds is 3. The Morgan fingerprint density at radius 3 is 2.35 bits per heavy atom. The van der Waals surface area contributed by atoms with Crippen molar-refractivity contribution in [1.82, 2.24) is 9.88 Å². The van der Waals surface area contributed by atoms with Gasteiger partial charge in [0.1, 0.15) is 5.82 Å². The molecule has 0 amide bonds. The van der Waals surface area contributed by atoms with E-state index in [-0.39, 0.29) is 5.02 Å². The molecular formula is C16H21ClF3N3. The summed E-state index contributed by atoms with van der Waals surface area (Å²) in [5.41, 5.74) is -0.800. The molecule has 0 aromatic carbocycles. The van der Waals surface area contributed by atoms with Crippen molar-refractivity contribution < 1.29 is 13.2 Å². The summed E-state index contributed by atoms with van der Waals surface area (Å²) in [7, 11) is 0. The lowest BCUT2D eigenvalue weighted by Crippen LogP contribution is -2.48. The number of hydrogen-bond donors (Lipinski definition) is 0. The van der Waals surface area contributed by atoms with Crippen LogP contribution in [0.5, 0.6) is 0 Å². The number of alkyl halides is 3. The summed E-state index contributed by atoms with van der Waals surface area (Å²) in [6.07, 6.45) is 1.80. The predicted octanol–water partition coefficient (Wildman–Crippen LogP) is 4.07. The van der Waals surface area contributed by atoms with Crippen LogP contribution in [0.2, 0.25) is 5.02 Å². The molecule has 0 radical (unpaired) electrons. The van der Waals surface area contributed by atoms with Crippen molar-refractivity contribution in [3.63, 3.8) is 0 Å². The monoisotopic (exact) mass is 347 g/mol. The topological polar surface area (TPSA) is 19.4 Å². The van der Waals surface area contributed by atoms with Crippen LogP contribution in [0.15, 0.2) is 12.3 Å². The highest BCUT2D eigenvalue weighted by molar-refractivity contribution is 6.33. The van der Waals surface area contributed by atoms with Gasteiger partial charge in [-0.25, -0.2) is 4.98 Å². The van der Waals surface area contributed by atoms with Crippen molar-refractivity contribution in [2.75, 3.05) is 37.6 Å². The summed E-state index contributed by atoms with van der Waals surface area (Å²) < 4.78 is 38.0. The number of halogens is 4. The van der Waals surface area contributed by atoms with Gasteiger partial charge >= 0.3 is 6.18 Å². The van der Waals surface area contributed by atoms with Crippen LogP contribution in [0, 0.1) is 5.92 Å². The minimum absolute atomic E-state index is 0.0732. The highest BCUT2D eigenvalue weighted by Gasteiger charge is 2.32. The van der Waals surface area contributed by atoms with Crippen molar-refractivity contribution in [2.45, 2.75) is 31.9 Å². The first kappa shape index (κ1) is 16.8. The van der Waals surface area contributed by atoms with E-state index in [4.69, 9.17) is 11.6 Å². The van der Waals surface area contributed by atoms with E-state index in [0.717, 1.165) is 50.9 Å². The van der Waals surface area contributed by atoms with Gasteiger partial charge in [0.15, 0.2) is 0 Å². The largest absolute Gasteiger partial charge is 0.417 e. The molecule has 2 fully saturated rings. The molecule has 0 atom stereocenters. The molecule has 1 saturated carbocycles. The Balaban J connectivity index is 1.59. The quantitative estimate of drug-likeness (QED) is 0.821. The lowest BCUT2D eigenvalue weighted by atomic mass is 10.1. The Labute approximate surface area is 139 Å². The number of aromatic nitrogens is 1. The van der Waals surface area contributed by atoms with Crippen LogP contribution >= 0.6 is 11.6 Å².